The zero-order chi connectivity index (χ0) is 24.7. The predicted molar refractivity (Wildman–Crippen MR) is 137 cm³/mol. The second-order valence-electron chi connectivity index (χ2n) is 8.58. The van der Waals surface area contributed by atoms with Gasteiger partial charge in [0.2, 0.25) is 17.5 Å². The van der Waals surface area contributed by atoms with Crippen molar-refractivity contribution in [3.8, 4) is 17.6 Å². The van der Waals surface area contributed by atoms with Gasteiger partial charge in [0.05, 0.1) is 13.2 Å². The van der Waals surface area contributed by atoms with Gasteiger partial charge >= 0.3 is 0 Å². The van der Waals surface area contributed by atoms with Crippen LogP contribution in [0, 0.1) is 11.3 Å². The molecule has 0 aliphatic carbocycles. The van der Waals surface area contributed by atoms with Crippen molar-refractivity contribution in [2.24, 2.45) is 0 Å². The van der Waals surface area contributed by atoms with Crippen LogP contribution in [0.5, 0.6) is 11.5 Å². The minimum Gasteiger partial charge on any atom is -0.497 e. The third-order valence-corrected chi connectivity index (χ3v) is 6.38. The third-order valence-electron chi connectivity index (χ3n) is 6.38. The van der Waals surface area contributed by atoms with Crippen molar-refractivity contribution in [1.29, 1.82) is 5.26 Å². The van der Waals surface area contributed by atoms with E-state index in [-0.39, 0.29) is 12.6 Å². The summed E-state index contributed by atoms with van der Waals surface area (Å²) in [6, 6.07) is 30.8. The first-order valence-electron chi connectivity index (χ1n) is 12.0. The monoisotopic (exact) mass is 480 g/mol. The molecule has 7 nitrogen and oxygen atoms in total. The molecule has 1 saturated heterocycles. The fraction of sp³-hybridized carbons (Fsp3) is 0.241. The molecule has 2 heterocycles. The quantitative estimate of drug-likeness (QED) is 0.350. The Morgan fingerprint density at radius 3 is 2.00 bits per heavy atom. The lowest BCUT2D eigenvalue weighted by Crippen LogP contribution is -2.48. The van der Waals surface area contributed by atoms with E-state index in [0.29, 0.717) is 23.2 Å². The lowest BCUT2D eigenvalue weighted by Gasteiger charge is -2.39. The number of ether oxygens (including phenoxy) is 2. The molecule has 0 amide bonds. The maximum Gasteiger partial charge on any atom is 0.236 e. The summed E-state index contributed by atoms with van der Waals surface area (Å²) in [5.74, 6) is 2.33. The van der Waals surface area contributed by atoms with Crippen LogP contribution in [0.1, 0.15) is 28.8 Å². The Morgan fingerprint density at radius 2 is 1.44 bits per heavy atom. The zero-order valence-corrected chi connectivity index (χ0v) is 20.2. The Balaban J connectivity index is 1.27. The van der Waals surface area contributed by atoms with E-state index < -0.39 is 0 Å². The van der Waals surface area contributed by atoms with Crippen molar-refractivity contribution in [3.05, 3.63) is 108 Å². The van der Waals surface area contributed by atoms with E-state index in [4.69, 9.17) is 13.9 Å². The summed E-state index contributed by atoms with van der Waals surface area (Å²) in [5.41, 5.74) is 2.83. The highest BCUT2D eigenvalue weighted by Crippen LogP contribution is 2.31. The number of methoxy groups -OCH3 is 1. The summed E-state index contributed by atoms with van der Waals surface area (Å²) in [4.78, 5) is 8.96. The molecule has 0 saturated carbocycles. The van der Waals surface area contributed by atoms with Gasteiger partial charge in [-0.3, -0.25) is 4.90 Å². The fourth-order valence-corrected chi connectivity index (χ4v) is 4.59. The Hall–Kier alpha value is -4.28. The molecular weight excluding hydrogens is 452 g/mol. The topological polar surface area (TPSA) is 74.8 Å². The lowest BCUT2D eigenvalue weighted by molar-refractivity contribution is 0.208. The molecule has 1 aliphatic heterocycles. The average molecular weight is 481 g/mol. The SMILES string of the molecule is COc1ccc(OCc2nc(C#N)c(N3CCN(C(c4ccccc4)c4ccccc4)CC3)o2)cc1. The smallest absolute Gasteiger partial charge is 0.236 e. The highest BCUT2D eigenvalue weighted by molar-refractivity contribution is 5.48. The van der Waals surface area contributed by atoms with Crippen LogP contribution in [0.2, 0.25) is 0 Å². The van der Waals surface area contributed by atoms with Crippen LogP contribution in [0.4, 0.5) is 5.88 Å². The number of hydrogen-bond acceptors (Lipinski definition) is 7. The van der Waals surface area contributed by atoms with Crippen molar-refractivity contribution < 1.29 is 13.9 Å². The molecule has 0 spiro atoms. The Labute approximate surface area is 211 Å². The minimum absolute atomic E-state index is 0.144. The number of oxazole rings is 1. The second-order valence-corrected chi connectivity index (χ2v) is 8.58. The predicted octanol–water partition coefficient (Wildman–Crippen LogP) is 5.05. The fourth-order valence-electron chi connectivity index (χ4n) is 4.59. The number of nitriles is 1. The van der Waals surface area contributed by atoms with Gasteiger partial charge in [0.1, 0.15) is 17.6 Å². The van der Waals surface area contributed by atoms with Crippen molar-refractivity contribution in [2.75, 3.05) is 38.2 Å². The van der Waals surface area contributed by atoms with E-state index in [1.165, 1.54) is 11.1 Å². The molecule has 4 aromatic rings. The van der Waals surface area contributed by atoms with E-state index in [1.54, 1.807) is 7.11 Å². The number of aromatic nitrogens is 1. The Bertz CT molecular complexity index is 1250. The standard InChI is InChI=1S/C29H28N4O3/c1-34-24-12-14-25(15-13-24)35-21-27-31-26(20-30)29(36-27)33-18-16-32(17-19-33)28(22-8-4-2-5-9-22)23-10-6-3-7-11-23/h2-15,28H,16-19,21H2,1H3. The van der Waals surface area contributed by atoms with Gasteiger partial charge in [-0.05, 0) is 35.4 Å². The summed E-state index contributed by atoms with van der Waals surface area (Å²) in [5, 5.41) is 9.68. The Kier molecular flexibility index (Phi) is 7.15. The molecule has 0 bridgehead atoms. The molecule has 0 unspecified atom stereocenters. The summed E-state index contributed by atoms with van der Waals surface area (Å²) in [7, 11) is 1.62. The van der Waals surface area contributed by atoms with Crippen molar-refractivity contribution in [3.63, 3.8) is 0 Å². The van der Waals surface area contributed by atoms with Gasteiger partial charge in [-0.1, -0.05) is 60.7 Å². The first kappa shape index (κ1) is 23.5. The highest BCUT2D eigenvalue weighted by Gasteiger charge is 2.29. The molecule has 1 aromatic heterocycles. The molecular formula is C29H28N4O3. The zero-order valence-electron chi connectivity index (χ0n) is 20.2. The van der Waals surface area contributed by atoms with E-state index in [1.807, 2.05) is 36.4 Å². The summed E-state index contributed by atoms with van der Waals surface area (Å²) in [6.45, 7) is 3.28. The summed E-state index contributed by atoms with van der Waals surface area (Å²) >= 11 is 0. The van der Waals surface area contributed by atoms with Crippen LogP contribution in [0.25, 0.3) is 0 Å². The van der Waals surface area contributed by atoms with Crippen LogP contribution in [-0.2, 0) is 6.61 Å². The normalized spacial score (nSPS) is 14.0. The maximum atomic E-state index is 9.68. The number of hydrogen-bond donors (Lipinski definition) is 0. The number of rotatable bonds is 8. The number of benzene rings is 3. The average Bonchev–Trinajstić information content (AvgIpc) is 3.37. The minimum atomic E-state index is 0.144. The second kappa shape index (κ2) is 11.0. The molecule has 0 radical (unpaired) electrons. The van der Waals surface area contributed by atoms with Crippen LogP contribution in [0.3, 0.4) is 0 Å². The van der Waals surface area contributed by atoms with E-state index >= 15 is 0 Å². The van der Waals surface area contributed by atoms with Crippen LogP contribution >= 0.6 is 0 Å². The number of nitrogens with zero attached hydrogens (tertiary/aromatic N) is 4. The lowest BCUT2D eigenvalue weighted by atomic mass is 9.96. The molecule has 0 N–H and O–H groups in total. The van der Waals surface area contributed by atoms with Crippen LogP contribution < -0.4 is 14.4 Å². The van der Waals surface area contributed by atoms with Crippen molar-refractivity contribution >= 4 is 5.88 Å². The van der Waals surface area contributed by atoms with Gasteiger partial charge in [0, 0.05) is 26.2 Å². The molecule has 5 rings (SSSR count). The Morgan fingerprint density at radius 1 is 0.861 bits per heavy atom. The van der Waals surface area contributed by atoms with Gasteiger partial charge < -0.3 is 18.8 Å². The van der Waals surface area contributed by atoms with E-state index in [0.717, 1.165) is 31.9 Å². The van der Waals surface area contributed by atoms with Crippen molar-refractivity contribution in [1.82, 2.24) is 9.88 Å². The number of anilines is 1. The largest absolute Gasteiger partial charge is 0.497 e. The first-order chi connectivity index (χ1) is 17.7. The van der Waals surface area contributed by atoms with Crippen LogP contribution in [0.15, 0.2) is 89.3 Å². The summed E-state index contributed by atoms with van der Waals surface area (Å²) in [6.07, 6.45) is 0. The van der Waals surface area contributed by atoms with Gasteiger partial charge in [-0.15, -0.1) is 0 Å². The highest BCUT2D eigenvalue weighted by atomic mass is 16.5. The van der Waals surface area contributed by atoms with E-state index in [2.05, 4.69) is 69.4 Å². The molecule has 182 valence electrons. The molecule has 1 aliphatic rings. The van der Waals surface area contributed by atoms with Gasteiger partial charge in [-0.2, -0.15) is 10.2 Å². The number of piperazine rings is 1. The molecule has 0 atom stereocenters. The molecule has 36 heavy (non-hydrogen) atoms. The van der Waals surface area contributed by atoms with Crippen LogP contribution in [-0.4, -0.2) is 43.2 Å². The maximum absolute atomic E-state index is 9.68. The van der Waals surface area contributed by atoms with E-state index in [9.17, 15) is 5.26 Å². The summed E-state index contributed by atoms with van der Waals surface area (Å²) < 4.78 is 17.0. The molecule has 7 heteroatoms. The van der Waals surface area contributed by atoms with Gasteiger partial charge in [0.25, 0.3) is 0 Å². The third kappa shape index (κ3) is 5.19. The van der Waals surface area contributed by atoms with Gasteiger partial charge in [-0.25, -0.2) is 0 Å². The molecule has 1 fully saturated rings. The molecule has 3 aromatic carbocycles. The first-order valence-corrected chi connectivity index (χ1v) is 12.0. The van der Waals surface area contributed by atoms with Crippen molar-refractivity contribution in [2.45, 2.75) is 12.6 Å². The van der Waals surface area contributed by atoms with Gasteiger partial charge in [0.15, 0.2) is 6.61 Å².